The molecule has 0 spiro atoms. The van der Waals surface area contributed by atoms with E-state index >= 15 is 0 Å². The van der Waals surface area contributed by atoms with Crippen LogP contribution < -0.4 is 0 Å². The van der Waals surface area contributed by atoms with Gasteiger partial charge >= 0.3 is 8.56 Å². The lowest BCUT2D eigenvalue weighted by Gasteiger charge is -2.14. The normalized spacial score (nSPS) is 11.3. The molecule has 0 unspecified atom stereocenters. The lowest BCUT2D eigenvalue weighted by Crippen LogP contribution is -2.29. The summed E-state index contributed by atoms with van der Waals surface area (Å²) >= 11 is 2.91. The fourth-order valence-corrected chi connectivity index (χ4v) is 7.48. The number of thioether (sulfide) groups is 2. The maximum Gasteiger partial charge on any atom is 0.329 e. The van der Waals surface area contributed by atoms with E-state index in [2.05, 4.69) is 33.5 Å². The molecule has 0 fully saturated rings. The van der Waals surface area contributed by atoms with Crippen LogP contribution in [0, 0.1) is 0 Å². The predicted octanol–water partition coefficient (Wildman–Crippen LogP) is 8.63. The van der Waals surface area contributed by atoms with Crippen LogP contribution in [0.4, 0.5) is 0 Å². The second-order valence-electron chi connectivity index (χ2n) is 11.1. The molecule has 37 heavy (non-hydrogen) atoms. The summed E-state index contributed by atoms with van der Waals surface area (Å²) in [5.41, 5.74) is 0. The summed E-state index contributed by atoms with van der Waals surface area (Å²) in [6, 6.07) is 1.81. The van der Waals surface area contributed by atoms with Gasteiger partial charge in [0.2, 0.25) is 0 Å². The maximum atomic E-state index is 11.6. The molecule has 0 atom stereocenters. The molecule has 0 bridgehead atoms. The van der Waals surface area contributed by atoms with Gasteiger partial charge in [-0.15, -0.1) is 0 Å². The largest absolute Gasteiger partial charge is 0.411 e. The van der Waals surface area contributed by atoms with Crippen LogP contribution in [0.15, 0.2) is 0 Å². The maximum absolute atomic E-state index is 11.6. The van der Waals surface area contributed by atoms with Gasteiger partial charge in [-0.25, -0.2) is 0 Å². The molecule has 0 radical (unpaired) electrons. The van der Waals surface area contributed by atoms with Gasteiger partial charge in [0.1, 0.15) is 0 Å². The fourth-order valence-electron chi connectivity index (χ4n) is 3.27. The van der Waals surface area contributed by atoms with Gasteiger partial charge in [-0.2, -0.15) is 0 Å². The molecule has 0 amide bonds. The molecule has 0 aromatic carbocycles. The van der Waals surface area contributed by atoms with Crippen molar-refractivity contribution >= 4 is 50.4 Å². The van der Waals surface area contributed by atoms with E-state index in [4.69, 9.17) is 5.11 Å². The smallest absolute Gasteiger partial charge is 0.329 e. The molecule has 226 valence electrons. The summed E-state index contributed by atoms with van der Waals surface area (Å²) in [5.74, 6) is 1.76. The summed E-state index contributed by atoms with van der Waals surface area (Å²) in [7, 11) is -3.79. The van der Waals surface area contributed by atoms with Crippen molar-refractivity contribution in [1.29, 1.82) is 0 Å². The van der Waals surface area contributed by atoms with Crippen molar-refractivity contribution in [3.63, 3.8) is 0 Å². The minimum absolute atomic E-state index is 0. The van der Waals surface area contributed by atoms with Gasteiger partial charge in [0, 0.05) is 40.5 Å². The van der Waals surface area contributed by atoms with Gasteiger partial charge in [0.15, 0.2) is 10.2 Å². The van der Waals surface area contributed by atoms with E-state index < -0.39 is 16.6 Å². The number of carbonyl (C=O) groups excluding carboxylic acids is 2. The highest BCUT2D eigenvalue weighted by Gasteiger charge is 2.20. The molecule has 5 nitrogen and oxygen atoms in total. The van der Waals surface area contributed by atoms with Crippen molar-refractivity contribution in [3.8, 4) is 0 Å². The molecule has 0 aliphatic rings. The molecule has 0 aromatic heterocycles. The Morgan fingerprint density at radius 2 is 0.973 bits per heavy atom. The highest BCUT2D eigenvalue weighted by atomic mass is 32.2. The molecule has 0 saturated carbocycles. The average molecular weight is 601 g/mol. The lowest BCUT2D eigenvalue weighted by atomic mass is 10.1. The van der Waals surface area contributed by atoms with Crippen LogP contribution in [0.2, 0.25) is 38.3 Å². The molecule has 0 rings (SSSR count). The molecule has 0 aliphatic carbocycles. The summed E-state index contributed by atoms with van der Waals surface area (Å²) in [6.45, 7) is 15.0. The molecule has 9 heteroatoms. The Labute approximate surface area is 242 Å². The van der Waals surface area contributed by atoms with E-state index in [1.54, 1.807) is 18.7 Å². The lowest BCUT2D eigenvalue weighted by molar-refractivity contribution is -0.111. The van der Waals surface area contributed by atoms with Gasteiger partial charge in [-0.05, 0) is 45.2 Å². The zero-order chi connectivity index (χ0) is 29.0. The first-order valence-electron chi connectivity index (χ1n) is 14.7. The van der Waals surface area contributed by atoms with E-state index in [1.165, 1.54) is 75.7 Å². The van der Waals surface area contributed by atoms with Crippen molar-refractivity contribution in [2.75, 3.05) is 18.1 Å². The molecule has 0 aromatic rings. The Hall–Kier alpha value is 0.354. The van der Waals surface area contributed by atoms with E-state index in [1.807, 2.05) is 0 Å². The third-order valence-electron chi connectivity index (χ3n) is 5.36. The van der Waals surface area contributed by atoms with Crippen LogP contribution in [-0.2, 0) is 9.59 Å². The van der Waals surface area contributed by atoms with Gasteiger partial charge < -0.3 is 14.7 Å². The zero-order valence-electron chi connectivity index (χ0n) is 25.4. The Kier molecular flexibility index (Phi) is 33.2. The topological polar surface area (TPSA) is 94.8 Å². The SMILES string of the molecule is CCCCCCCC(=O)SCCC[Si](C)(C)C.CCCCCCCC(=O)SCCC[Si](C)(O)O.CCO.[HH]. The fraction of sp³-hybridized carbons (Fsp3) is 0.929. The highest BCUT2D eigenvalue weighted by molar-refractivity contribution is 8.13. The van der Waals surface area contributed by atoms with Crippen LogP contribution in [0.5, 0.6) is 0 Å². The van der Waals surface area contributed by atoms with Gasteiger partial charge in [-0.3, -0.25) is 9.59 Å². The molecular weight excluding hydrogens is 537 g/mol. The predicted molar refractivity (Wildman–Crippen MR) is 175 cm³/mol. The van der Waals surface area contributed by atoms with E-state index in [0.29, 0.717) is 17.6 Å². The second kappa shape index (κ2) is 29.3. The van der Waals surface area contributed by atoms with Crippen molar-refractivity contribution < 1.29 is 25.7 Å². The minimum Gasteiger partial charge on any atom is -0.411 e. The number of hydrogen-bond donors (Lipinski definition) is 3. The number of aliphatic hydroxyl groups is 1. The van der Waals surface area contributed by atoms with E-state index in [0.717, 1.165) is 43.6 Å². The first-order chi connectivity index (χ1) is 17.3. The second-order valence-corrected chi connectivity index (χ2v) is 21.9. The molecule has 3 N–H and O–H groups in total. The summed E-state index contributed by atoms with van der Waals surface area (Å²) in [4.78, 5) is 41.4. The van der Waals surface area contributed by atoms with Gasteiger partial charge in [0.05, 0.1) is 0 Å². The van der Waals surface area contributed by atoms with Crippen LogP contribution in [-0.4, -0.2) is 59.7 Å². The number of rotatable bonds is 20. The van der Waals surface area contributed by atoms with Crippen LogP contribution in [0.25, 0.3) is 0 Å². The third-order valence-corrected chi connectivity index (χ3v) is 10.6. The van der Waals surface area contributed by atoms with Gasteiger partial charge in [-0.1, -0.05) is 114 Å². The Morgan fingerprint density at radius 3 is 1.30 bits per heavy atom. The minimum atomic E-state index is -2.89. The standard InChI is InChI=1S/C14H30OSSi.C12H26O3SSi.C2H6O.H2/c1-5-6-7-8-9-11-14(15)16-12-10-13-17(2,3)4;1-3-4-5-6-7-9-12(13)16-10-8-11-17(2,14)15;1-2-3;/h5-13H2,1-4H3;14-15H,3-11H2,1-2H3;3H,2H2,1H3;1H. The molecule has 0 heterocycles. The first-order valence-corrected chi connectivity index (χ1v) is 23.0. The summed E-state index contributed by atoms with van der Waals surface area (Å²) in [6.07, 6.45) is 15.5. The van der Waals surface area contributed by atoms with Crippen LogP contribution in [0.1, 0.15) is 112 Å². The van der Waals surface area contributed by atoms with Crippen molar-refractivity contribution in [2.24, 2.45) is 0 Å². The van der Waals surface area contributed by atoms with Crippen LogP contribution >= 0.6 is 23.5 Å². The van der Waals surface area contributed by atoms with Crippen molar-refractivity contribution in [3.05, 3.63) is 0 Å². The number of unbranched alkanes of at least 4 members (excludes halogenated alkanes) is 8. The Morgan fingerprint density at radius 1 is 0.622 bits per heavy atom. The summed E-state index contributed by atoms with van der Waals surface area (Å²) < 4.78 is 0. The zero-order valence-corrected chi connectivity index (χ0v) is 29.0. The van der Waals surface area contributed by atoms with E-state index in [9.17, 15) is 19.2 Å². The van der Waals surface area contributed by atoms with Gasteiger partial charge in [0.25, 0.3) is 0 Å². The average Bonchev–Trinajstić information content (AvgIpc) is 2.79. The number of hydrogen-bond acceptors (Lipinski definition) is 7. The van der Waals surface area contributed by atoms with Crippen molar-refractivity contribution in [1.82, 2.24) is 0 Å². The monoisotopic (exact) mass is 600 g/mol. The Balaban J connectivity index is -0.000000269. The van der Waals surface area contributed by atoms with Crippen molar-refractivity contribution in [2.45, 2.75) is 149 Å². The van der Waals surface area contributed by atoms with Crippen LogP contribution in [0.3, 0.4) is 0 Å². The first kappa shape index (κ1) is 41.8. The highest BCUT2D eigenvalue weighted by Crippen LogP contribution is 2.17. The Bertz CT molecular complexity index is 472. The molecule has 0 saturated heterocycles. The third kappa shape index (κ3) is 46.6. The number of carbonyl (C=O) groups is 2. The van der Waals surface area contributed by atoms with E-state index in [-0.39, 0.29) is 13.1 Å². The molecule has 0 aliphatic heterocycles. The molecular formula is C28H64O5S2Si2. The quantitative estimate of drug-likeness (QED) is 0.0951. The summed E-state index contributed by atoms with van der Waals surface area (Å²) in [5, 5.41) is 8.23. The number of aliphatic hydroxyl groups excluding tert-OH is 1.